The molecule has 0 radical (unpaired) electrons. The maximum Gasteiger partial charge on any atom is 0.0771 e. The number of aliphatic hydroxyl groups is 1. The molecule has 1 aromatic carbocycles. The molecule has 1 saturated carbocycles. The smallest absolute Gasteiger partial charge is 0.0771 e. The van der Waals surface area contributed by atoms with E-state index in [4.69, 9.17) is 0 Å². The summed E-state index contributed by atoms with van der Waals surface area (Å²) in [4.78, 5) is 0. The van der Waals surface area contributed by atoms with Crippen molar-refractivity contribution in [3.63, 3.8) is 0 Å². The summed E-state index contributed by atoms with van der Waals surface area (Å²) >= 11 is 0. The molecule has 0 bridgehead atoms. The third kappa shape index (κ3) is 3.01. The minimum atomic E-state index is -0.454. The Morgan fingerprint density at radius 1 is 1.11 bits per heavy atom. The maximum absolute atomic E-state index is 10.6. The molecule has 1 aromatic rings. The Balaban J connectivity index is 1.64. The largest absolute Gasteiger partial charge is 0.389 e. The second-order valence-corrected chi connectivity index (χ2v) is 6.31. The van der Waals surface area contributed by atoms with E-state index in [-0.39, 0.29) is 0 Å². The number of fused-ring (bicyclic) bond motifs is 1. The van der Waals surface area contributed by atoms with Gasteiger partial charge in [-0.2, -0.15) is 0 Å². The van der Waals surface area contributed by atoms with Crippen LogP contribution in [0, 0.1) is 0 Å². The maximum atomic E-state index is 10.6. The lowest BCUT2D eigenvalue weighted by Crippen LogP contribution is -2.43. The molecule has 0 aliphatic heterocycles. The number of rotatable bonds is 3. The molecule has 104 valence electrons. The molecule has 3 rings (SSSR count). The Hall–Kier alpha value is -0.860. The zero-order chi connectivity index (χ0) is 13.1. The van der Waals surface area contributed by atoms with Crippen molar-refractivity contribution in [2.45, 2.75) is 63.0 Å². The predicted octanol–water partition coefficient (Wildman–Crippen LogP) is 3.35. The van der Waals surface area contributed by atoms with Crippen molar-refractivity contribution in [1.29, 1.82) is 0 Å². The monoisotopic (exact) mass is 259 g/mol. The van der Waals surface area contributed by atoms with Crippen LogP contribution in [0.5, 0.6) is 0 Å². The van der Waals surface area contributed by atoms with E-state index in [0.29, 0.717) is 6.04 Å². The highest BCUT2D eigenvalue weighted by Gasteiger charge is 2.30. The molecule has 1 fully saturated rings. The molecule has 2 heteroatoms. The van der Waals surface area contributed by atoms with Crippen LogP contribution in [0.15, 0.2) is 24.3 Å². The van der Waals surface area contributed by atoms with Gasteiger partial charge in [-0.25, -0.2) is 0 Å². The van der Waals surface area contributed by atoms with Crippen LogP contribution in [0.3, 0.4) is 0 Å². The highest BCUT2D eigenvalue weighted by molar-refractivity contribution is 5.32. The number of aryl methyl sites for hydroxylation is 1. The van der Waals surface area contributed by atoms with Gasteiger partial charge in [0.1, 0.15) is 0 Å². The highest BCUT2D eigenvalue weighted by Crippen LogP contribution is 2.32. The van der Waals surface area contributed by atoms with Gasteiger partial charge in [0, 0.05) is 12.6 Å². The Morgan fingerprint density at radius 3 is 2.74 bits per heavy atom. The quantitative estimate of drug-likeness (QED) is 0.872. The Morgan fingerprint density at radius 2 is 1.89 bits per heavy atom. The molecule has 0 aromatic heterocycles. The molecule has 0 spiro atoms. The van der Waals surface area contributed by atoms with Gasteiger partial charge < -0.3 is 10.4 Å². The van der Waals surface area contributed by atoms with Crippen molar-refractivity contribution >= 4 is 0 Å². The number of hydrogen-bond donors (Lipinski definition) is 2. The van der Waals surface area contributed by atoms with E-state index in [1.54, 1.807) is 0 Å². The van der Waals surface area contributed by atoms with Gasteiger partial charge in [-0.05, 0) is 43.2 Å². The molecule has 2 aliphatic carbocycles. The SMILES string of the molecule is OC1(CNC2CCCc3ccccc32)CCCCC1. The summed E-state index contributed by atoms with van der Waals surface area (Å²) in [6.07, 6.45) is 9.25. The molecular formula is C17H25NO. The van der Waals surface area contributed by atoms with Crippen molar-refractivity contribution in [3.05, 3.63) is 35.4 Å². The zero-order valence-electron chi connectivity index (χ0n) is 11.7. The molecule has 2 nitrogen and oxygen atoms in total. The second kappa shape index (κ2) is 5.64. The van der Waals surface area contributed by atoms with Gasteiger partial charge in [-0.1, -0.05) is 43.5 Å². The first kappa shape index (κ1) is 13.1. The summed E-state index contributed by atoms with van der Waals surface area (Å²) in [6.45, 7) is 0.756. The van der Waals surface area contributed by atoms with Crippen molar-refractivity contribution in [1.82, 2.24) is 5.32 Å². The molecule has 1 atom stereocenters. The van der Waals surface area contributed by atoms with Gasteiger partial charge in [0.05, 0.1) is 5.60 Å². The average molecular weight is 259 g/mol. The van der Waals surface area contributed by atoms with Crippen molar-refractivity contribution in [2.75, 3.05) is 6.54 Å². The molecule has 0 heterocycles. The van der Waals surface area contributed by atoms with Crippen molar-refractivity contribution in [2.24, 2.45) is 0 Å². The summed E-state index contributed by atoms with van der Waals surface area (Å²) < 4.78 is 0. The minimum Gasteiger partial charge on any atom is -0.389 e. The van der Waals surface area contributed by atoms with E-state index in [1.165, 1.54) is 49.7 Å². The zero-order valence-corrected chi connectivity index (χ0v) is 11.7. The fourth-order valence-electron chi connectivity index (χ4n) is 3.67. The van der Waals surface area contributed by atoms with E-state index in [1.807, 2.05) is 0 Å². The Labute approximate surface area is 116 Å². The van der Waals surface area contributed by atoms with Gasteiger partial charge in [-0.15, -0.1) is 0 Å². The van der Waals surface area contributed by atoms with Crippen molar-refractivity contribution < 1.29 is 5.11 Å². The van der Waals surface area contributed by atoms with Crippen LogP contribution in [0.4, 0.5) is 0 Å². The Kier molecular flexibility index (Phi) is 3.90. The lowest BCUT2D eigenvalue weighted by Gasteiger charge is -2.35. The molecule has 0 amide bonds. The van der Waals surface area contributed by atoms with Crippen LogP contribution in [0.2, 0.25) is 0 Å². The third-order valence-corrected chi connectivity index (χ3v) is 4.83. The fourth-order valence-corrected chi connectivity index (χ4v) is 3.67. The minimum absolute atomic E-state index is 0.441. The van der Waals surface area contributed by atoms with Crippen molar-refractivity contribution in [3.8, 4) is 0 Å². The first-order valence-corrected chi connectivity index (χ1v) is 7.80. The van der Waals surface area contributed by atoms with Gasteiger partial charge >= 0.3 is 0 Å². The number of hydrogen-bond acceptors (Lipinski definition) is 2. The van der Waals surface area contributed by atoms with E-state index in [9.17, 15) is 5.11 Å². The van der Waals surface area contributed by atoms with Crippen LogP contribution < -0.4 is 5.32 Å². The summed E-state index contributed by atoms with van der Waals surface area (Å²) in [6, 6.07) is 9.20. The van der Waals surface area contributed by atoms with Gasteiger partial charge in [-0.3, -0.25) is 0 Å². The van der Waals surface area contributed by atoms with Crippen LogP contribution in [-0.4, -0.2) is 17.3 Å². The fraction of sp³-hybridized carbons (Fsp3) is 0.647. The van der Waals surface area contributed by atoms with Crippen LogP contribution in [-0.2, 0) is 6.42 Å². The van der Waals surface area contributed by atoms with Gasteiger partial charge in [0.15, 0.2) is 0 Å². The summed E-state index contributed by atoms with van der Waals surface area (Å²) in [5, 5.41) is 14.2. The third-order valence-electron chi connectivity index (χ3n) is 4.83. The molecule has 19 heavy (non-hydrogen) atoms. The average Bonchev–Trinajstić information content (AvgIpc) is 2.46. The first-order valence-electron chi connectivity index (χ1n) is 7.80. The lowest BCUT2D eigenvalue weighted by molar-refractivity contribution is 0.00215. The van der Waals surface area contributed by atoms with E-state index in [2.05, 4.69) is 29.6 Å². The number of nitrogens with one attached hydrogen (secondary N) is 1. The topological polar surface area (TPSA) is 32.3 Å². The summed E-state index contributed by atoms with van der Waals surface area (Å²) in [5.74, 6) is 0. The molecule has 1 unspecified atom stereocenters. The van der Waals surface area contributed by atoms with Gasteiger partial charge in [0.25, 0.3) is 0 Å². The Bertz CT molecular complexity index is 423. The normalized spacial score (nSPS) is 25.8. The number of benzene rings is 1. The van der Waals surface area contributed by atoms with Crippen LogP contribution in [0.25, 0.3) is 0 Å². The summed E-state index contributed by atoms with van der Waals surface area (Å²) in [5.41, 5.74) is 2.49. The van der Waals surface area contributed by atoms with E-state index < -0.39 is 5.60 Å². The van der Waals surface area contributed by atoms with Crippen LogP contribution in [0.1, 0.15) is 62.1 Å². The lowest BCUT2D eigenvalue weighted by atomic mass is 9.83. The standard InChI is InChI=1S/C17H25NO/c19-17(11-4-1-5-12-17)13-18-16-10-6-8-14-7-2-3-9-15(14)16/h2-3,7,9,16,18-19H,1,4-6,8,10-13H2. The highest BCUT2D eigenvalue weighted by atomic mass is 16.3. The predicted molar refractivity (Wildman–Crippen MR) is 78.2 cm³/mol. The first-order chi connectivity index (χ1) is 9.27. The van der Waals surface area contributed by atoms with E-state index in [0.717, 1.165) is 19.4 Å². The molecule has 2 aliphatic rings. The van der Waals surface area contributed by atoms with Gasteiger partial charge in [0.2, 0.25) is 0 Å². The molecule has 0 saturated heterocycles. The molecule has 2 N–H and O–H groups in total. The molecular weight excluding hydrogens is 234 g/mol. The summed E-state index contributed by atoms with van der Waals surface area (Å²) in [7, 11) is 0. The van der Waals surface area contributed by atoms with Crippen LogP contribution >= 0.6 is 0 Å². The van der Waals surface area contributed by atoms with E-state index >= 15 is 0 Å². The second-order valence-electron chi connectivity index (χ2n) is 6.31.